The van der Waals surface area contributed by atoms with Gasteiger partial charge < -0.3 is 35.6 Å². The molecule has 0 spiro atoms. The van der Waals surface area contributed by atoms with E-state index in [1.54, 1.807) is 0 Å². The first-order valence-electron chi connectivity index (χ1n) is 10.9. The molecule has 7 N–H and O–H groups in total. The van der Waals surface area contributed by atoms with Gasteiger partial charge in [-0.2, -0.15) is 4.31 Å². The number of anilines is 1. The molecule has 1 aliphatic carbocycles. The van der Waals surface area contributed by atoms with Gasteiger partial charge in [0.2, 0.25) is 17.9 Å². The quantitative estimate of drug-likeness (QED) is 0.0831. The minimum atomic E-state index is -5.21. The average molecular weight is 565 g/mol. The number of fused-ring (bicyclic) bond motifs is 7. The highest BCUT2D eigenvalue weighted by Gasteiger charge is 2.48. The number of phosphoric acid groups is 2. The van der Waals surface area contributed by atoms with Crippen LogP contribution in [0, 0.1) is 5.92 Å². The van der Waals surface area contributed by atoms with Gasteiger partial charge in [-0.25, -0.2) is 18.7 Å². The molecule has 21 heteroatoms. The van der Waals surface area contributed by atoms with Crippen LogP contribution in [-0.4, -0.2) is 77.3 Å². The molecule has 0 aromatic carbocycles. The van der Waals surface area contributed by atoms with E-state index >= 15 is 0 Å². The lowest BCUT2D eigenvalue weighted by Gasteiger charge is -2.20. The Hall–Kier alpha value is -2.24. The van der Waals surface area contributed by atoms with Gasteiger partial charge in [0.1, 0.15) is 24.4 Å². The number of ether oxygens (including phenoxy) is 1. The molecule has 9 atom stereocenters. The van der Waals surface area contributed by atoms with Crippen molar-refractivity contribution in [2.75, 3.05) is 18.9 Å². The Kier molecular flexibility index (Phi) is 6.77. The van der Waals surface area contributed by atoms with Crippen molar-refractivity contribution in [2.45, 2.75) is 49.5 Å². The summed E-state index contributed by atoms with van der Waals surface area (Å²) in [5.41, 5.74) is 15.4. The highest BCUT2D eigenvalue weighted by molar-refractivity contribution is 7.61. The average Bonchev–Trinajstić information content (AvgIpc) is 3.45. The van der Waals surface area contributed by atoms with Crippen molar-refractivity contribution in [1.82, 2.24) is 14.5 Å². The summed E-state index contributed by atoms with van der Waals surface area (Å²) in [6, 6.07) is -0.664. The standard InChI is InChI=1S/C16H22N8O11P2/c17-13-10-14-19-5-23(13)7-1-6(2-8(7)25)3-32-36(28,29)35-37(30,31)33-4-9-11(26)12(27)15(34-9)24(14)16(20-10)21-22-18/h5-9,11-12,15,17,25-27H,1-4H2,(H2,28,29,30,31)/p+1/t6-,7+,8+,9+,11+,12+,15+/m0/s1. The van der Waals surface area contributed by atoms with E-state index in [9.17, 15) is 34.2 Å². The third-order valence-electron chi connectivity index (χ3n) is 6.45. The maximum Gasteiger partial charge on any atom is 0.481 e. The molecule has 2 aromatic heterocycles. The van der Waals surface area contributed by atoms with Gasteiger partial charge in [0.05, 0.1) is 19.3 Å². The molecule has 5 heterocycles. The van der Waals surface area contributed by atoms with Gasteiger partial charge in [-0.1, -0.05) is 4.98 Å². The number of azide groups is 1. The Bertz CT molecular complexity index is 1370. The van der Waals surface area contributed by atoms with Crippen molar-refractivity contribution >= 4 is 38.6 Å². The lowest BCUT2D eigenvalue weighted by Crippen LogP contribution is -2.46. The molecule has 37 heavy (non-hydrogen) atoms. The number of imidazole rings is 1. The second kappa shape index (κ2) is 9.50. The summed E-state index contributed by atoms with van der Waals surface area (Å²) in [7, 11) is -10.3. The van der Waals surface area contributed by atoms with Crippen molar-refractivity contribution < 1.29 is 56.9 Å². The number of hydrogen-bond acceptors (Lipinski definition) is 13. The number of phosphoric ester groups is 2. The Morgan fingerprint density at radius 2 is 1.86 bits per heavy atom. The van der Waals surface area contributed by atoms with E-state index in [0.29, 0.717) is 0 Å². The molecule has 2 aromatic rings. The number of nitrogens with two attached hydrogens (primary N) is 1. The van der Waals surface area contributed by atoms with Crippen LogP contribution in [0.25, 0.3) is 21.6 Å². The summed E-state index contributed by atoms with van der Waals surface area (Å²) in [5, 5.41) is 35.3. The van der Waals surface area contributed by atoms with E-state index in [4.69, 9.17) is 25.0 Å². The van der Waals surface area contributed by atoms with Crippen LogP contribution in [0.15, 0.2) is 11.4 Å². The lowest BCUT2D eigenvalue weighted by atomic mass is 10.1. The van der Waals surface area contributed by atoms with E-state index in [1.807, 2.05) is 0 Å². The highest BCUT2D eigenvalue weighted by Crippen LogP contribution is 2.61. The predicted octanol–water partition coefficient (Wildman–Crippen LogP) is -0.562. The van der Waals surface area contributed by atoms with Crippen LogP contribution in [0.1, 0.15) is 25.1 Å². The number of nitrogens with zero attached hydrogens (tertiary/aromatic N) is 7. The molecule has 0 amide bonds. The van der Waals surface area contributed by atoms with Gasteiger partial charge in [0.15, 0.2) is 11.7 Å². The molecule has 202 valence electrons. The topological polar surface area (TPSA) is 282 Å². The van der Waals surface area contributed by atoms with E-state index < -0.39 is 71.5 Å². The Morgan fingerprint density at radius 3 is 2.57 bits per heavy atom. The fourth-order valence-corrected chi connectivity index (χ4v) is 6.93. The highest BCUT2D eigenvalue weighted by atomic mass is 31.3. The Morgan fingerprint density at radius 1 is 1.16 bits per heavy atom. The summed E-state index contributed by atoms with van der Waals surface area (Å²) >= 11 is 0. The SMILES string of the molecule is [N-]=[N+]=Nc1nc2c(N)[n+]3cnc2n1[C@@H]1O[C@H](COP(=O)(O)OP(=O)(O)OC[C@@H]2C[C@@H](O)[C@H]3C2)[C@@H](O)[C@H]1O. The monoisotopic (exact) mass is 565 g/mol. The number of aliphatic hydroxyl groups excluding tert-OH is 3. The molecule has 2 fully saturated rings. The van der Waals surface area contributed by atoms with Crippen LogP contribution in [0.2, 0.25) is 0 Å². The molecular weight excluding hydrogens is 542 g/mol. The van der Waals surface area contributed by atoms with Crippen molar-refractivity contribution in [3.8, 4) is 0 Å². The smallest absolute Gasteiger partial charge is 0.389 e. The van der Waals surface area contributed by atoms with Gasteiger partial charge in [0.25, 0.3) is 5.82 Å². The van der Waals surface area contributed by atoms with Gasteiger partial charge >= 0.3 is 15.6 Å². The summed E-state index contributed by atoms with van der Waals surface area (Å²) in [6.07, 6.45) is -5.66. The number of aromatic nitrogens is 4. The first-order chi connectivity index (χ1) is 17.4. The summed E-state index contributed by atoms with van der Waals surface area (Å²) in [4.78, 5) is 31.1. The van der Waals surface area contributed by atoms with E-state index in [2.05, 4.69) is 24.3 Å². The first-order valence-corrected chi connectivity index (χ1v) is 13.9. The van der Waals surface area contributed by atoms with Crippen molar-refractivity contribution in [3.05, 3.63) is 16.8 Å². The second-order valence-electron chi connectivity index (χ2n) is 8.81. The molecule has 3 aliphatic heterocycles. The minimum Gasteiger partial charge on any atom is -0.389 e. The summed E-state index contributed by atoms with van der Waals surface area (Å²) in [5.74, 6) is -0.772. The number of aliphatic hydroxyl groups is 3. The lowest BCUT2D eigenvalue weighted by molar-refractivity contribution is -0.716. The largest absolute Gasteiger partial charge is 0.481 e. The zero-order valence-electron chi connectivity index (χ0n) is 18.7. The molecule has 6 rings (SSSR count). The third kappa shape index (κ3) is 4.85. The van der Waals surface area contributed by atoms with Crippen LogP contribution in [0.3, 0.4) is 0 Å². The van der Waals surface area contributed by atoms with Crippen LogP contribution < -0.4 is 10.3 Å². The maximum atomic E-state index is 12.3. The van der Waals surface area contributed by atoms with Crippen molar-refractivity contribution in [2.24, 2.45) is 11.0 Å². The van der Waals surface area contributed by atoms with Crippen LogP contribution >= 0.6 is 15.6 Å². The summed E-state index contributed by atoms with van der Waals surface area (Å²) < 4.78 is 46.5. The fourth-order valence-electron chi connectivity index (χ4n) is 4.77. The number of hydrogen-bond donors (Lipinski definition) is 6. The number of rotatable bonds is 1. The van der Waals surface area contributed by atoms with Crippen LogP contribution in [-0.2, 0) is 27.2 Å². The molecule has 1 saturated carbocycles. The van der Waals surface area contributed by atoms with Crippen LogP contribution in [0.5, 0.6) is 0 Å². The predicted molar refractivity (Wildman–Crippen MR) is 117 cm³/mol. The minimum absolute atomic E-state index is 0.0137. The maximum absolute atomic E-state index is 12.3. The van der Waals surface area contributed by atoms with Gasteiger partial charge in [-0.15, -0.1) is 0 Å². The fraction of sp³-hybridized carbons (Fsp3) is 0.688. The molecule has 4 aliphatic rings. The molecule has 0 radical (unpaired) electrons. The second-order valence-corrected chi connectivity index (χ2v) is 11.9. The van der Waals surface area contributed by atoms with Gasteiger partial charge in [0, 0.05) is 4.91 Å². The number of nitrogen functional groups attached to an aromatic ring is 1. The van der Waals surface area contributed by atoms with Crippen molar-refractivity contribution in [3.63, 3.8) is 0 Å². The normalized spacial score (nSPS) is 40.5. The Labute approximate surface area is 206 Å². The summed E-state index contributed by atoms with van der Waals surface area (Å²) in [6.45, 7) is -1.27. The van der Waals surface area contributed by atoms with E-state index in [0.717, 1.165) is 4.57 Å². The first kappa shape index (κ1) is 26.4. The molecule has 8 bridgehead atoms. The molecular formula is C16H23N8O11P2+. The zero-order valence-corrected chi connectivity index (χ0v) is 20.5. The molecule has 19 nitrogen and oxygen atoms in total. The van der Waals surface area contributed by atoms with Crippen LogP contribution in [0.4, 0.5) is 11.8 Å². The molecule has 1 saturated heterocycles. The van der Waals surface area contributed by atoms with E-state index in [-0.39, 0.29) is 35.8 Å². The Balaban J connectivity index is 1.63. The van der Waals surface area contributed by atoms with E-state index in [1.165, 1.54) is 10.9 Å². The van der Waals surface area contributed by atoms with Gasteiger partial charge in [-0.3, -0.25) is 13.6 Å². The third-order valence-corrected chi connectivity index (χ3v) is 9.05. The van der Waals surface area contributed by atoms with Crippen molar-refractivity contribution in [1.29, 1.82) is 0 Å². The van der Waals surface area contributed by atoms with Gasteiger partial charge in [-0.05, 0) is 29.4 Å². The molecule has 2 unspecified atom stereocenters. The zero-order chi connectivity index (χ0) is 26.7.